The molecular weight excluding hydrogens is 184 g/mol. The molecule has 0 aliphatic rings. The fraction of sp³-hybridized carbons (Fsp3) is 0.286. The molecule has 0 fully saturated rings. The Morgan fingerprint density at radius 2 is 2.07 bits per heavy atom. The van der Waals surface area contributed by atoms with Gasteiger partial charge in [-0.25, -0.2) is 0 Å². The Labute approximate surface area is 92.1 Å². The zero-order valence-corrected chi connectivity index (χ0v) is 9.28. The van der Waals surface area contributed by atoms with E-state index in [4.69, 9.17) is 4.74 Å². The summed E-state index contributed by atoms with van der Waals surface area (Å²) in [5.41, 5.74) is 1.32. The maximum absolute atomic E-state index is 5.12. The largest absolute Gasteiger partial charge is 0.502 e. The van der Waals surface area contributed by atoms with Crippen LogP contribution in [0.25, 0.3) is 0 Å². The highest BCUT2D eigenvalue weighted by Gasteiger charge is 2.11. The van der Waals surface area contributed by atoms with E-state index >= 15 is 0 Å². The van der Waals surface area contributed by atoms with Gasteiger partial charge >= 0.3 is 0 Å². The van der Waals surface area contributed by atoms with Crippen molar-refractivity contribution in [1.82, 2.24) is 0 Å². The summed E-state index contributed by atoms with van der Waals surface area (Å²) in [6.45, 7) is 7.65. The number of allylic oxidation sites excluding steroid dienone is 2. The van der Waals surface area contributed by atoms with E-state index in [1.807, 2.05) is 12.1 Å². The van der Waals surface area contributed by atoms with Gasteiger partial charge in [-0.3, -0.25) is 0 Å². The number of rotatable bonds is 6. The smallest absolute Gasteiger partial charge is 0.0890 e. The average molecular weight is 202 g/mol. The molecule has 0 spiro atoms. The van der Waals surface area contributed by atoms with Crippen LogP contribution in [0.15, 0.2) is 55.3 Å². The van der Waals surface area contributed by atoms with Crippen LogP contribution in [-0.2, 0) is 4.74 Å². The number of methoxy groups -OCH3 is 1. The van der Waals surface area contributed by atoms with Crippen LogP contribution >= 0.6 is 0 Å². The van der Waals surface area contributed by atoms with Crippen molar-refractivity contribution in [2.75, 3.05) is 7.11 Å². The molecule has 0 aliphatic carbocycles. The van der Waals surface area contributed by atoms with Crippen molar-refractivity contribution in [2.45, 2.75) is 18.8 Å². The van der Waals surface area contributed by atoms with Crippen LogP contribution in [0.4, 0.5) is 0 Å². The van der Waals surface area contributed by atoms with Crippen molar-refractivity contribution >= 4 is 0 Å². The van der Waals surface area contributed by atoms with Gasteiger partial charge < -0.3 is 4.74 Å². The third-order valence-corrected chi connectivity index (χ3v) is 2.48. The average Bonchev–Trinajstić information content (AvgIpc) is 2.29. The molecule has 1 heteroatoms. The normalized spacial score (nSPS) is 11.8. The van der Waals surface area contributed by atoms with E-state index < -0.39 is 0 Å². The standard InChI is InChI=1S/C14H18O/c1-4-8-14(11-12(2)15-3)13-9-6-5-7-10-13/h4-7,9-10,14H,1-2,8,11H2,3H3. The third kappa shape index (κ3) is 3.62. The molecule has 0 aromatic heterocycles. The molecule has 1 atom stereocenters. The van der Waals surface area contributed by atoms with Crippen molar-refractivity contribution in [3.8, 4) is 0 Å². The number of hydrogen-bond donors (Lipinski definition) is 0. The topological polar surface area (TPSA) is 9.23 Å². The minimum atomic E-state index is 0.427. The lowest BCUT2D eigenvalue weighted by atomic mass is 9.92. The number of hydrogen-bond acceptors (Lipinski definition) is 1. The molecule has 0 amide bonds. The van der Waals surface area contributed by atoms with Gasteiger partial charge in [0, 0.05) is 6.42 Å². The van der Waals surface area contributed by atoms with Gasteiger partial charge in [-0.15, -0.1) is 6.58 Å². The van der Waals surface area contributed by atoms with E-state index in [1.54, 1.807) is 7.11 Å². The van der Waals surface area contributed by atoms with Crippen LogP contribution in [-0.4, -0.2) is 7.11 Å². The van der Waals surface area contributed by atoms with Crippen molar-refractivity contribution in [2.24, 2.45) is 0 Å². The quantitative estimate of drug-likeness (QED) is 0.502. The summed E-state index contributed by atoms with van der Waals surface area (Å²) < 4.78 is 5.12. The molecule has 0 saturated carbocycles. The van der Waals surface area contributed by atoms with Crippen LogP contribution in [0.1, 0.15) is 24.3 Å². The molecule has 1 nitrogen and oxygen atoms in total. The Bertz CT molecular complexity index is 313. The second-order valence-electron chi connectivity index (χ2n) is 3.58. The second kappa shape index (κ2) is 6.07. The van der Waals surface area contributed by atoms with Crippen molar-refractivity contribution in [1.29, 1.82) is 0 Å². The zero-order valence-electron chi connectivity index (χ0n) is 9.28. The summed E-state index contributed by atoms with van der Waals surface area (Å²) in [5, 5.41) is 0. The SMILES string of the molecule is C=CCC(CC(=C)OC)c1ccccc1. The molecule has 0 bridgehead atoms. The van der Waals surface area contributed by atoms with E-state index in [-0.39, 0.29) is 0 Å². The maximum Gasteiger partial charge on any atom is 0.0890 e. The number of ether oxygens (including phenoxy) is 1. The van der Waals surface area contributed by atoms with Crippen LogP contribution in [0.2, 0.25) is 0 Å². The molecule has 0 saturated heterocycles. The predicted molar refractivity (Wildman–Crippen MR) is 64.8 cm³/mol. The lowest BCUT2D eigenvalue weighted by Gasteiger charge is -2.16. The highest BCUT2D eigenvalue weighted by Crippen LogP contribution is 2.26. The molecule has 15 heavy (non-hydrogen) atoms. The highest BCUT2D eigenvalue weighted by molar-refractivity contribution is 5.21. The highest BCUT2D eigenvalue weighted by atomic mass is 16.5. The van der Waals surface area contributed by atoms with Gasteiger partial charge in [0.2, 0.25) is 0 Å². The third-order valence-electron chi connectivity index (χ3n) is 2.48. The van der Waals surface area contributed by atoms with E-state index in [9.17, 15) is 0 Å². The van der Waals surface area contributed by atoms with Crippen LogP contribution < -0.4 is 0 Å². The predicted octanol–water partition coefficient (Wildman–Crippen LogP) is 3.90. The van der Waals surface area contributed by atoms with Crippen LogP contribution in [0.3, 0.4) is 0 Å². The molecule has 1 unspecified atom stereocenters. The molecule has 1 aromatic rings. The lowest BCUT2D eigenvalue weighted by molar-refractivity contribution is 0.272. The first-order valence-electron chi connectivity index (χ1n) is 5.15. The maximum atomic E-state index is 5.12. The Hall–Kier alpha value is -1.50. The van der Waals surface area contributed by atoms with Gasteiger partial charge in [-0.05, 0) is 17.9 Å². The van der Waals surface area contributed by atoms with Crippen molar-refractivity contribution in [3.63, 3.8) is 0 Å². The fourth-order valence-electron chi connectivity index (χ4n) is 1.62. The van der Waals surface area contributed by atoms with Gasteiger partial charge in [0.25, 0.3) is 0 Å². The molecule has 0 N–H and O–H groups in total. The van der Waals surface area contributed by atoms with E-state index in [1.165, 1.54) is 5.56 Å². The van der Waals surface area contributed by atoms with Crippen molar-refractivity contribution < 1.29 is 4.74 Å². The summed E-state index contributed by atoms with van der Waals surface area (Å²) in [5.74, 6) is 1.25. The molecule has 0 aliphatic heterocycles. The van der Waals surface area contributed by atoms with Gasteiger partial charge in [-0.1, -0.05) is 43.0 Å². The fourth-order valence-corrected chi connectivity index (χ4v) is 1.62. The first-order valence-corrected chi connectivity index (χ1v) is 5.15. The van der Waals surface area contributed by atoms with E-state index in [2.05, 4.69) is 37.4 Å². The van der Waals surface area contributed by atoms with E-state index in [0.717, 1.165) is 18.6 Å². The second-order valence-corrected chi connectivity index (χ2v) is 3.58. The summed E-state index contributed by atoms with van der Waals surface area (Å²) in [4.78, 5) is 0. The molecule has 0 radical (unpaired) electrons. The van der Waals surface area contributed by atoms with E-state index in [0.29, 0.717) is 5.92 Å². The molecule has 0 heterocycles. The number of benzene rings is 1. The Morgan fingerprint density at radius 1 is 1.40 bits per heavy atom. The Kier molecular flexibility index (Phi) is 4.69. The minimum Gasteiger partial charge on any atom is -0.502 e. The molecule has 80 valence electrons. The van der Waals surface area contributed by atoms with Gasteiger partial charge in [0.15, 0.2) is 0 Å². The summed E-state index contributed by atoms with van der Waals surface area (Å²) >= 11 is 0. The van der Waals surface area contributed by atoms with Crippen LogP contribution in [0, 0.1) is 0 Å². The van der Waals surface area contributed by atoms with Crippen LogP contribution in [0.5, 0.6) is 0 Å². The summed E-state index contributed by atoms with van der Waals surface area (Å²) in [6.07, 6.45) is 3.75. The summed E-state index contributed by atoms with van der Waals surface area (Å²) in [7, 11) is 1.66. The van der Waals surface area contributed by atoms with Crippen molar-refractivity contribution in [3.05, 3.63) is 60.9 Å². The van der Waals surface area contributed by atoms with Gasteiger partial charge in [0.05, 0.1) is 12.9 Å². The zero-order chi connectivity index (χ0) is 11.1. The van der Waals surface area contributed by atoms with Gasteiger partial charge in [-0.2, -0.15) is 0 Å². The Balaban J connectivity index is 2.74. The van der Waals surface area contributed by atoms with Gasteiger partial charge in [0.1, 0.15) is 0 Å². The molecule has 1 rings (SSSR count). The Morgan fingerprint density at radius 3 is 2.60 bits per heavy atom. The first kappa shape index (κ1) is 11.6. The summed E-state index contributed by atoms with van der Waals surface area (Å²) in [6, 6.07) is 10.4. The minimum absolute atomic E-state index is 0.427. The monoisotopic (exact) mass is 202 g/mol. The molecule has 1 aromatic carbocycles. The molecular formula is C14H18O. The lowest BCUT2D eigenvalue weighted by Crippen LogP contribution is -2.00. The first-order chi connectivity index (χ1) is 7.27.